The van der Waals surface area contributed by atoms with Crippen LogP contribution in [0.25, 0.3) is 0 Å². The zero-order valence-electron chi connectivity index (χ0n) is 18.2. The molecule has 0 radical (unpaired) electrons. The van der Waals surface area contributed by atoms with Crippen LogP contribution in [0.3, 0.4) is 0 Å². The number of carbonyl (C=O) groups excluding carboxylic acids is 1. The number of aliphatic carboxylic acids is 1. The summed E-state index contributed by atoms with van der Waals surface area (Å²) in [7, 11) is 0. The van der Waals surface area contributed by atoms with Crippen molar-refractivity contribution in [2.24, 2.45) is 5.92 Å². The number of aryl methyl sites for hydroxylation is 1. The van der Waals surface area contributed by atoms with E-state index < -0.39 is 12.1 Å². The Balaban J connectivity index is 0.000000383. The minimum atomic E-state index is -5.08. The summed E-state index contributed by atoms with van der Waals surface area (Å²) >= 11 is 0. The van der Waals surface area contributed by atoms with Crippen LogP contribution in [-0.2, 0) is 10.2 Å². The largest absolute Gasteiger partial charge is 0.490 e. The highest BCUT2D eigenvalue weighted by molar-refractivity contribution is 5.94. The van der Waals surface area contributed by atoms with Crippen molar-refractivity contribution in [3.63, 3.8) is 0 Å². The second-order valence-corrected chi connectivity index (χ2v) is 8.30. The first kappa shape index (κ1) is 24.5. The van der Waals surface area contributed by atoms with E-state index in [0.717, 1.165) is 39.1 Å². The lowest BCUT2D eigenvalue weighted by molar-refractivity contribution is -0.192. The van der Waals surface area contributed by atoms with Crippen LogP contribution in [0.2, 0.25) is 0 Å². The molecule has 1 aromatic carbocycles. The van der Waals surface area contributed by atoms with Crippen LogP contribution < -0.4 is 0 Å². The molecule has 1 N–H and O–H groups in total. The summed E-state index contributed by atoms with van der Waals surface area (Å²) < 4.78 is 36.8. The molecule has 2 saturated heterocycles. The SMILES string of the molecule is C=CCN1CC2CN(C(=O)c3cnoc3C)CCC2(c2ccccc2)C1.O=C(O)C(F)(F)F. The number of carboxylic acids is 1. The van der Waals surface area contributed by atoms with Crippen molar-refractivity contribution in [2.75, 3.05) is 32.7 Å². The first-order chi connectivity index (χ1) is 15.6. The molecule has 0 aliphatic carbocycles. The fourth-order valence-corrected chi connectivity index (χ4v) is 4.71. The minimum Gasteiger partial charge on any atom is -0.475 e. The molecule has 3 heterocycles. The van der Waals surface area contributed by atoms with Gasteiger partial charge in [0.15, 0.2) is 0 Å². The number of carboxylic acid groups (broad SMARTS) is 1. The summed E-state index contributed by atoms with van der Waals surface area (Å²) in [6, 6.07) is 10.8. The van der Waals surface area contributed by atoms with Gasteiger partial charge in [0, 0.05) is 44.1 Å². The van der Waals surface area contributed by atoms with Gasteiger partial charge in [-0.25, -0.2) is 4.79 Å². The van der Waals surface area contributed by atoms with Gasteiger partial charge < -0.3 is 14.5 Å². The van der Waals surface area contributed by atoms with Gasteiger partial charge in [-0.3, -0.25) is 9.69 Å². The van der Waals surface area contributed by atoms with Gasteiger partial charge in [-0.05, 0) is 18.9 Å². The predicted octanol–water partition coefficient (Wildman–Crippen LogP) is 3.52. The molecule has 0 spiro atoms. The van der Waals surface area contributed by atoms with Crippen LogP contribution in [0, 0.1) is 12.8 Å². The highest BCUT2D eigenvalue weighted by atomic mass is 19.4. The topological polar surface area (TPSA) is 86.9 Å². The van der Waals surface area contributed by atoms with Crippen molar-refractivity contribution in [3.05, 3.63) is 66.1 Å². The van der Waals surface area contributed by atoms with Gasteiger partial charge in [0.1, 0.15) is 11.3 Å². The molecular formula is C23H26F3N3O4. The molecule has 2 aliphatic heterocycles. The third-order valence-corrected chi connectivity index (χ3v) is 6.28. The number of amides is 1. The first-order valence-corrected chi connectivity index (χ1v) is 10.5. The fraction of sp³-hybridized carbons (Fsp3) is 0.435. The normalized spacial score (nSPS) is 22.8. The number of hydrogen-bond donors (Lipinski definition) is 1. The number of carbonyl (C=O) groups is 2. The molecule has 1 aromatic heterocycles. The number of benzene rings is 1. The van der Waals surface area contributed by atoms with E-state index in [1.54, 1.807) is 6.92 Å². The molecular weight excluding hydrogens is 439 g/mol. The second-order valence-electron chi connectivity index (χ2n) is 8.30. The van der Waals surface area contributed by atoms with Crippen LogP contribution in [0.15, 0.2) is 53.7 Å². The predicted molar refractivity (Wildman–Crippen MR) is 114 cm³/mol. The summed E-state index contributed by atoms with van der Waals surface area (Å²) in [5.74, 6) is -1.71. The van der Waals surface area contributed by atoms with Gasteiger partial charge in [-0.1, -0.05) is 41.6 Å². The van der Waals surface area contributed by atoms with E-state index in [1.807, 2.05) is 11.0 Å². The third-order valence-electron chi connectivity index (χ3n) is 6.28. The van der Waals surface area contributed by atoms with Gasteiger partial charge in [-0.15, -0.1) is 6.58 Å². The standard InChI is InChI=1S/C21H25N3O2.C2HF3O2/c1-3-10-23-13-18-14-24(20(25)19-12-22-26-16(19)2)11-9-21(18,15-23)17-7-5-4-6-8-17;3-2(4,5)1(6)7/h3-8,12,18H,1,9-11,13-15H2,2H3;(H,6,7). The van der Waals surface area contributed by atoms with Gasteiger partial charge >= 0.3 is 12.1 Å². The molecule has 1 amide bonds. The first-order valence-electron chi connectivity index (χ1n) is 10.5. The summed E-state index contributed by atoms with van der Waals surface area (Å²) in [4.78, 5) is 26.2. The van der Waals surface area contributed by atoms with Crippen LogP contribution in [0.4, 0.5) is 13.2 Å². The summed E-state index contributed by atoms with van der Waals surface area (Å²) in [6.07, 6.45) is -0.597. The number of likely N-dealkylation sites (tertiary alicyclic amines) is 2. The van der Waals surface area contributed by atoms with Crippen LogP contribution in [-0.4, -0.2) is 70.8 Å². The number of nitrogens with zero attached hydrogens (tertiary/aromatic N) is 3. The Morgan fingerprint density at radius 1 is 1.30 bits per heavy atom. The Labute approximate surface area is 189 Å². The highest BCUT2D eigenvalue weighted by Gasteiger charge is 2.50. The summed E-state index contributed by atoms with van der Waals surface area (Å²) in [5, 5.41) is 10.9. The number of piperidine rings is 1. The number of hydrogen-bond acceptors (Lipinski definition) is 5. The highest BCUT2D eigenvalue weighted by Crippen LogP contribution is 2.45. The maximum atomic E-state index is 12.9. The lowest BCUT2D eigenvalue weighted by Gasteiger charge is -2.44. The van der Waals surface area contributed by atoms with Crippen molar-refractivity contribution in [1.82, 2.24) is 15.0 Å². The lowest BCUT2D eigenvalue weighted by atomic mass is 9.68. The average Bonchev–Trinajstić information content (AvgIpc) is 3.37. The van der Waals surface area contributed by atoms with Crippen molar-refractivity contribution in [1.29, 1.82) is 0 Å². The van der Waals surface area contributed by atoms with E-state index in [9.17, 15) is 18.0 Å². The smallest absolute Gasteiger partial charge is 0.475 e. The molecule has 2 atom stereocenters. The molecule has 178 valence electrons. The second kappa shape index (κ2) is 9.78. The molecule has 7 nitrogen and oxygen atoms in total. The molecule has 4 rings (SSSR count). The third kappa shape index (κ3) is 5.27. The number of rotatable bonds is 4. The van der Waals surface area contributed by atoms with Gasteiger partial charge in [-0.2, -0.15) is 13.2 Å². The van der Waals surface area contributed by atoms with Crippen LogP contribution in [0.1, 0.15) is 28.1 Å². The van der Waals surface area contributed by atoms with Crippen molar-refractivity contribution >= 4 is 11.9 Å². The quantitative estimate of drug-likeness (QED) is 0.696. The van der Waals surface area contributed by atoms with Crippen molar-refractivity contribution in [2.45, 2.75) is 24.9 Å². The zero-order valence-corrected chi connectivity index (χ0v) is 18.2. The molecule has 2 aromatic rings. The Bertz CT molecular complexity index is 992. The summed E-state index contributed by atoms with van der Waals surface area (Å²) in [6.45, 7) is 10.1. The molecule has 2 unspecified atom stereocenters. The van der Waals surface area contributed by atoms with Gasteiger partial charge in [0.05, 0.1) is 6.20 Å². The van der Waals surface area contributed by atoms with Crippen LogP contribution >= 0.6 is 0 Å². The molecule has 0 saturated carbocycles. The summed E-state index contributed by atoms with van der Waals surface area (Å²) in [5.41, 5.74) is 2.09. The molecule has 33 heavy (non-hydrogen) atoms. The number of aromatic nitrogens is 1. The van der Waals surface area contributed by atoms with E-state index in [4.69, 9.17) is 14.4 Å². The minimum absolute atomic E-state index is 0.0348. The van der Waals surface area contributed by atoms with Crippen molar-refractivity contribution in [3.8, 4) is 0 Å². The van der Waals surface area contributed by atoms with Gasteiger partial charge in [0.25, 0.3) is 5.91 Å². The van der Waals surface area contributed by atoms with E-state index in [-0.39, 0.29) is 11.3 Å². The Morgan fingerprint density at radius 2 is 1.97 bits per heavy atom. The van der Waals surface area contributed by atoms with Crippen LogP contribution in [0.5, 0.6) is 0 Å². The zero-order chi connectivity index (χ0) is 24.2. The molecule has 10 heteroatoms. The van der Waals surface area contributed by atoms with Crippen molar-refractivity contribution < 1.29 is 32.4 Å². The Hall–Kier alpha value is -3.14. The Morgan fingerprint density at radius 3 is 2.52 bits per heavy atom. The molecule has 0 bridgehead atoms. The maximum Gasteiger partial charge on any atom is 0.490 e. The monoisotopic (exact) mass is 465 g/mol. The van der Waals surface area contributed by atoms with E-state index in [0.29, 0.717) is 17.2 Å². The average molecular weight is 465 g/mol. The van der Waals surface area contributed by atoms with E-state index in [2.05, 4.69) is 47.0 Å². The number of halogens is 3. The number of alkyl halides is 3. The Kier molecular flexibility index (Phi) is 7.26. The van der Waals surface area contributed by atoms with E-state index >= 15 is 0 Å². The van der Waals surface area contributed by atoms with E-state index in [1.165, 1.54) is 11.8 Å². The maximum absolute atomic E-state index is 12.9. The van der Waals surface area contributed by atoms with Gasteiger partial charge in [0.2, 0.25) is 0 Å². The number of fused-ring (bicyclic) bond motifs is 1. The lowest BCUT2D eigenvalue weighted by Crippen LogP contribution is -2.51. The fourth-order valence-electron chi connectivity index (χ4n) is 4.71. The molecule has 2 aliphatic rings. The molecule has 2 fully saturated rings.